The molecule has 1 aliphatic carbocycles. The van der Waals surface area contributed by atoms with E-state index in [0.717, 1.165) is 40.3 Å². The minimum absolute atomic E-state index is 0.383. The Labute approximate surface area is 169 Å². The van der Waals surface area contributed by atoms with Crippen LogP contribution in [0.3, 0.4) is 0 Å². The van der Waals surface area contributed by atoms with E-state index in [1.165, 1.54) is 12.8 Å². The maximum absolute atomic E-state index is 11.4. The Morgan fingerprint density at radius 3 is 2.59 bits per heavy atom. The summed E-state index contributed by atoms with van der Waals surface area (Å²) in [6.45, 7) is 1.55. The number of rotatable bonds is 5. The van der Waals surface area contributed by atoms with Crippen LogP contribution in [0, 0.1) is 11.3 Å². The zero-order chi connectivity index (χ0) is 20.4. The molecule has 0 aliphatic heterocycles. The number of aromatic nitrogens is 1. The molecule has 1 saturated carbocycles. The SMILES string of the molecule is C[C@H](Oc1cc2c(-c3ccc(C#N)cc3)cncc2cc1C1CCCC1)C(=O)O. The highest BCUT2D eigenvalue weighted by molar-refractivity contribution is 5.97. The van der Waals surface area contributed by atoms with Gasteiger partial charge in [0.05, 0.1) is 11.6 Å². The molecule has 1 fully saturated rings. The molecule has 29 heavy (non-hydrogen) atoms. The Hall–Kier alpha value is -3.39. The molecular formula is C24H22N2O3. The van der Waals surface area contributed by atoms with Gasteiger partial charge < -0.3 is 9.84 Å². The third-order valence-corrected chi connectivity index (χ3v) is 5.66. The van der Waals surface area contributed by atoms with E-state index in [1.54, 1.807) is 25.3 Å². The summed E-state index contributed by atoms with van der Waals surface area (Å²) in [5, 5.41) is 20.3. The second-order valence-corrected chi connectivity index (χ2v) is 7.57. The molecule has 1 aromatic heterocycles. The van der Waals surface area contributed by atoms with Crippen molar-refractivity contribution in [3.05, 3.63) is 59.9 Å². The van der Waals surface area contributed by atoms with Gasteiger partial charge in [-0.15, -0.1) is 0 Å². The van der Waals surface area contributed by atoms with Gasteiger partial charge >= 0.3 is 5.97 Å². The first-order valence-corrected chi connectivity index (χ1v) is 9.88. The normalized spacial score (nSPS) is 15.2. The van der Waals surface area contributed by atoms with Gasteiger partial charge in [-0.3, -0.25) is 4.98 Å². The summed E-state index contributed by atoms with van der Waals surface area (Å²) in [5.74, 6) is 0.0406. The molecule has 1 N–H and O–H groups in total. The van der Waals surface area contributed by atoms with Gasteiger partial charge in [-0.1, -0.05) is 25.0 Å². The average molecular weight is 386 g/mol. The summed E-state index contributed by atoms with van der Waals surface area (Å²) in [7, 11) is 0. The molecule has 5 nitrogen and oxygen atoms in total. The minimum Gasteiger partial charge on any atom is -0.479 e. The number of hydrogen-bond donors (Lipinski definition) is 1. The van der Waals surface area contributed by atoms with Crippen LogP contribution in [0.4, 0.5) is 0 Å². The standard InChI is InChI=1S/C24H22N2O3/c1-15(24(27)28)29-23-11-20-19(10-21(23)17-4-2-3-5-17)13-26-14-22(20)18-8-6-16(12-25)7-9-18/h6-11,13-15,17H,2-5H2,1H3,(H,27,28)/t15-/m0/s1. The molecule has 146 valence electrons. The Balaban J connectivity index is 1.86. The van der Waals surface area contributed by atoms with E-state index >= 15 is 0 Å². The number of nitrogens with zero attached hydrogens (tertiary/aromatic N) is 2. The summed E-state index contributed by atoms with van der Waals surface area (Å²) >= 11 is 0. The highest BCUT2D eigenvalue weighted by Gasteiger charge is 2.24. The van der Waals surface area contributed by atoms with Gasteiger partial charge in [0.25, 0.3) is 0 Å². The van der Waals surface area contributed by atoms with Crippen molar-refractivity contribution in [2.24, 2.45) is 0 Å². The fourth-order valence-corrected chi connectivity index (χ4v) is 4.07. The Bertz CT molecular complexity index is 1090. The highest BCUT2D eigenvalue weighted by Crippen LogP contribution is 2.42. The number of aliphatic carboxylic acids is 1. The molecule has 3 aromatic rings. The van der Waals surface area contributed by atoms with Crippen LogP contribution in [0.25, 0.3) is 21.9 Å². The second-order valence-electron chi connectivity index (χ2n) is 7.57. The van der Waals surface area contributed by atoms with Crippen molar-refractivity contribution in [2.75, 3.05) is 0 Å². The molecule has 1 atom stereocenters. The third kappa shape index (κ3) is 3.79. The first kappa shape index (κ1) is 18.9. The van der Waals surface area contributed by atoms with E-state index in [9.17, 15) is 9.90 Å². The number of fused-ring (bicyclic) bond motifs is 1. The number of pyridine rings is 1. The van der Waals surface area contributed by atoms with Crippen molar-refractivity contribution in [3.63, 3.8) is 0 Å². The molecule has 5 heteroatoms. The summed E-state index contributed by atoms with van der Waals surface area (Å²) in [6, 6.07) is 13.6. The predicted molar refractivity (Wildman–Crippen MR) is 111 cm³/mol. The largest absolute Gasteiger partial charge is 0.479 e. The molecule has 2 aromatic carbocycles. The van der Waals surface area contributed by atoms with Gasteiger partial charge in [-0.25, -0.2) is 4.79 Å². The molecule has 1 heterocycles. The number of hydrogen-bond acceptors (Lipinski definition) is 4. The van der Waals surface area contributed by atoms with E-state index in [4.69, 9.17) is 10.00 Å². The van der Waals surface area contributed by atoms with E-state index in [0.29, 0.717) is 17.2 Å². The average Bonchev–Trinajstić information content (AvgIpc) is 3.27. The fraction of sp³-hybridized carbons (Fsp3) is 0.292. The quantitative estimate of drug-likeness (QED) is 0.645. The lowest BCUT2D eigenvalue weighted by Crippen LogP contribution is -2.23. The number of carbonyl (C=O) groups is 1. The van der Waals surface area contributed by atoms with Crippen molar-refractivity contribution in [1.82, 2.24) is 4.98 Å². The number of carboxylic acids is 1. The maximum Gasteiger partial charge on any atom is 0.344 e. The van der Waals surface area contributed by atoms with Crippen LogP contribution in [0.2, 0.25) is 0 Å². The number of carboxylic acid groups (broad SMARTS) is 1. The van der Waals surface area contributed by atoms with Crippen LogP contribution in [-0.4, -0.2) is 22.2 Å². The molecule has 0 radical (unpaired) electrons. The van der Waals surface area contributed by atoms with Crippen molar-refractivity contribution >= 4 is 16.7 Å². The summed E-state index contributed by atoms with van der Waals surface area (Å²) in [5.41, 5.74) is 3.55. The van der Waals surface area contributed by atoms with Gasteiger partial charge in [0.15, 0.2) is 6.10 Å². The van der Waals surface area contributed by atoms with Crippen molar-refractivity contribution < 1.29 is 14.6 Å². The van der Waals surface area contributed by atoms with Crippen LogP contribution in [0.1, 0.15) is 49.7 Å². The number of benzene rings is 2. The van der Waals surface area contributed by atoms with E-state index in [-0.39, 0.29) is 0 Å². The highest BCUT2D eigenvalue weighted by atomic mass is 16.5. The fourth-order valence-electron chi connectivity index (χ4n) is 4.07. The van der Waals surface area contributed by atoms with Crippen LogP contribution in [0.15, 0.2) is 48.8 Å². The predicted octanol–water partition coefficient (Wildman–Crippen LogP) is 5.28. The van der Waals surface area contributed by atoms with E-state index in [2.05, 4.69) is 17.1 Å². The Kier molecular flexibility index (Phi) is 5.18. The zero-order valence-corrected chi connectivity index (χ0v) is 16.3. The molecule has 0 bridgehead atoms. The van der Waals surface area contributed by atoms with Crippen molar-refractivity contribution in [1.29, 1.82) is 5.26 Å². The van der Waals surface area contributed by atoms with Gasteiger partial charge in [0, 0.05) is 23.3 Å². The maximum atomic E-state index is 11.4. The van der Waals surface area contributed by atoms with Gasteiger partial charge in [-0.2, -0.15) is 5.26 Å². The third-order valence-electron chi connectivity index (χ3n) is 5.66. The molecule has 0 amide bonds. The van der Waals surface area contributed by atoms with E-state index < -0.39 is 12.1 Å². The van der Waals surface area contributed by atoms with Crippen molar-refractivity contribution in [3.8, 4) is 22.9 Å². The van der Waals surface area contributed by atoms with Gasteiger partial charge in [0.1, 0.15) is 5.75 Å². The van der Waals surface area contributed by atoms with Gasteiger partial charge in [0.2, 0.25) is 0 Å². The number of ether oxygens (including phenoxy) is 1. The lowest BCUT2D eigenvalue weighted by Gasteiger charge is -2.20. The molecule has 0 unspecified atom stereocenters. The zero-order valence-electron chi connectivity index (χ0n) is 16.3. The monoisotopic (exact) mass is 386 g/mol. The second kappa shape index (κ2) is 7.92. The molecule has 0 saturated heterocycles. The van der Waals surface area contributed by atoms with Crippen LogP contribution < -0.4 is 4.74 Å². The first-order valence-electron chi connectivity index (χ1n) is 9.88. The van der Waals surface area contributed by atoms with Crippen molar-refractivity contribution in [2.45, 2.75) is 44.6 Å². The molecule has 4 rings (SSSR count). The lowest BCUT2D eigenvalue weighted by atomic mass is 9.92. The smallest absolute Gasteiger partial charge is 0.344 e. The van der Waals surface area contributed by atoms with E-state index in [1.807, 2.05) is 24.4 Å². The number of nitriles is 1. The topological polar surface area (TPSA) is 83.2 Å². The first-order chi connectivity index (χ1) is 14.1. The lowest BCUT2D eigenvalue weighted by molar-refractivity contribution is -0.144. The summed E-state index contributed by atoms with van der Waals surface area (Å²) in [6.07, 6.45) is 7.25. The summed E-state index contributed by atoms with van der Waals surface area (Å²) < 4.78 is 5.89. The summed E-state index contributed by atoms with van der Waals surface area (Å²) in [4.78, 5) is 15.8. The minimum atomic E-state index is -0.982. The van der Waals surface area contributed by atoms with Crippen LogP contribution >= 0.6 is 0 Å². The van der Waals surface area contributed by atoms with Crippen LogP contribution in [-0.2, 0) is 4.79 Å². The molecule has 0 spiro atoms. The van der Waals surface area contributed by atoms with Gasteiger partial charge in [-0.05, 0) is 66.5 Å². The Morgan fingerprint density at radius 1 is 1.21 bits per heavy atom. The molecule has 1 aliphatic rings. The van der Waals surface area contributed by atoms with Crippen LogP contribution in [0.5, 0.6) is 5.75 Å². The molecular weight excluding hydrogens is 364 g/mol. The Morgan fingerprint density at radius 2 is 1.93 bits per heavy atom.